The van der Waals surface area contributed by atoms with Crippen LogP contribution >= 0.6 is 0 Å². The average molecular weight is 231 g/mol. The van der Waals surface area contributed by atoms with Crippen LogP contribution in [0.15, 0.2) is 24.3 Å². The molecular weight excluding hydrogens is 227 g/mol. The molecule has 2 aromatic rings. The summed E-state index contributed by atoms with van der Waals surface area (Å²) < 4.78 is 64.9. The molecule has 0 atom stereocenters. The van der Waals surface area contributed by atoms with E-state index in [9.17, 15) is 22.0 Å². The fourth-order valence-corrected chi connectivity index (χ4v) is 1.40. The summed E-state index contributed by atoms with van der Waals surface area (Å²) in [7, 11) is 0. The van der Waals surface area contributed by atoms with Crippen LogP contribution in [0.3, 0.4) is 0 Å². The third kappa shape index (κ3) is 1.39. The molecule has 84 valence electrons. The van der Waals surface area contributed by atoms with E-state index < -0.39 is 34.6 Å². The molecule has 0 aliphatic carbocycles. The van der Waals surface area contributed by atoms with Crippen molar-refractivity contribution in [1.29, 1.82) is 0 Å². The molecule has 2 rings (SSSR count). The van der Waals surface area contributed by atoms with E-state index in [-0.39, 0.29) is 5.56 Å². The van der Waals surface area contributed by atoms with Gasteiger partial charge in [-0.05, 0) is 5.56 Å². The van der Waals surface area contributed by atoms with Crippen molar-refractivity contribution in [2.24, 2.45) is 0 Å². The largest absolute Gasteiger partial charge is 0.250 e. The Labute approximate surface area is 87.3 Å². The molecule has 0 fully saturated rings. The van der Waals surface area contributed by atoms with Crippen LogP contribution in [0.25, 0.3) is 11.1 Å². The van der Waals surface area contributed by atoms with Gasteiger partial charge < -0.3 is 0 Å². The van der Waals surface area contributed by atoms with E-state index in [0.717, 1.165) is 0 Å². The lowest BCUT2D eigenvalue weighted by molar-refractivity contribution is 0.381. The first-order valence-corrected chi connectivity index (χ1v) is 4.27. The third-order valence-corrected chi connectivity index (χ3v) is 2.16. The predicted molar refractivity (Wildman–Crippen MR) is 47.3 cm³/mol. The maximum Gasteiger partial charge on any atom is 0.185 e. The lowest BCUT2D eigenvalue weighted by atomic mass is 10.1. The second-order valence-electron chi connectivity index (χ2n) is 3.12. The Morgan fingerprint density at radius 1 is 0.625 bits per heavy atom. The Kier molecular flexibility index (Phi) is 2.46. The Morgan fingerprint density at radius 3 is 1.44 bits per heavy atom. The van der Waals surface area contributed by atoms with Crippen LogP contribution in [0, 0.1) is 29.1 Å². The highest BCUT2D eigenvalue weighted by molar-refractivity contribution is 5.65. The number of rotatable bonds is 1. The number of benzene rings is 1. The summed E-state index contributed by atoms with van der Waals surface area (Å²) in [5.74, 6) is -9.65. The Hall–Kier alpha value is -1.78. The molecule has 0 aliphatic heterocycles. The van der Waals surface area contributed by atoms with E-state index in [4.69, 9.17) is 0 Å². The standard InChI is InChI=1S/C11H4F5/c12-7-6(5-3-1-2-4-5)8(13)10(15)11(16)9(7)14/h1-4H/q-1. The zero-order chi connectivity index (χ0) is 11.9. The van der Waals surface area contributed by atoms with Crippen LogP contribution in [0.2, 0.25) is 0 Å². The summed E-state index contributed by atoms with van der Waals surface area (Å²) in [6.45, 7) is 0. The van der Waals surface area contributed by atoms with Crippen LogP contribution in [-0.2, 0) is 0 Å². The first-order valence-electron chi connectivity index (χ1n) is 4.27. The van der Waals surface area contributed by atoms with E-state index in [0.29, 0.717) is 0 Å². The molecule has 0 unspecified atom stereocenters. The highest BCUT2D eigenvalue weighted by Crippen LogP contribution is 2.31. The topological polar surface area (TPSA) is 0 Å². The molecule has 0 heterocycles. The van der Waals surface area contributed by atoms with Crippen molar-refractivity contribution in [3.8, 4) is 11.1 Å². The van der Waals surface area contributed by atoms with Gasteiger partial charge in [0, 0.05) is 0 Å². The van der Waals surface area contributed by atoms with Crippen LogP contribution in [0.5, 0.6) is 0 Å². The molecule has 0 N–H and O–H groups in total. The molecule has 0 nitrogen and oxygen atoms in total. The summed E-state index contributed by atoms with van der Waals surface area (Å²) >= 11 is 0. The molecule has 0 amide bonds. The van der Waals surface area contributed by atoms with Crippen molar-refractivity contribution >= 4 is 0 Å². The van der Waals surface area contributed by atoms with Gasteiger partial charge in [0.1, 0.15) is 11.6 Å². The van der Waals surface area contributed by atoms with Gasteiger partial charge in [0.25, 0.3) is 0 Å². The summed E-state index contributed by atoms with van der Waals surface area (Å²) in [5, 5.41) is 0. The van der Waals surface area contributed by atoms with Crippen LogP contribution in [-0.4, -0.2) is 0 Å². The molecule has 0 spiro atoms. The monoisotopic (exact) mass is 231 g/mol. The van der Waals surface area contributed by atoms with Crippen LogP contribution < -0.4 is 0 Å². The summed E-state index contributed by atoms with van der Waals surface area (Å²) in [5.41, 5.74) is -0.950. The highest BCUT2D eigenvalue weighted by Gasteiger charge is 2.21. The Morgan fingerprint density at radius 2 is 1.00 bits per heavy atom. The summed E-state index contributed by atoms with van der Waals surface area (Å²) in [6, 6.07) is 5.40. The molecule has 2 aromatic carbocycles. The Bertz CT molecular complexity index is 499. The fourth-order valence-electron chi connectivity index (χ4n) is 1.40. The van der Waals surface area contributed by atoms with E-state index in [2.05, 4.69) is 0 Å². The molecule has 0 radical (unpaired) electrons. The van der Waals surface area contributed by atoms with Gasteiger partial charge in [-0.1, -0.05) is 5.56 Å². The van der Waals surface area contributed by atoms with Crippen molar-refractivity contribution in [3.05, 3.63) is 53.4 Å². The normalized spacial score (nSPS) is 10.8. The third-order valence-electron chi connectivity index (χ3n) is 2.16. The first kappa shape index (κ1) is 10.7. The maximum atomic E-state index is 13.2. The molecule has 0 aliphatic rings. The quantitative estimate of drug-likeness (QED) is 0.303. The average Bonchev–Trinajstić information content (AvgIpc) is 2.77. The predicted octanol–water partition coefficient (Wildman–Crippen LogP) is 3.77. The second-order valence-corrected chi connectivity index (χ2v) is 3.12. The van der Waals surface area contributed by atoms with Crippen molar-refractivity contribution < 1.29 is 22.0 Å². The zero-order valence-electron chi connectivity index (χ0n) is 7.70. The van der Waals surface area contributed by atoms with Gasteiger partial charge in [-0.25, -0.2) is 22.0 Å². The van der Waals surface area contributed by atoms with E-state index in [1.165, 1.54) is 24.3 Å². The molecule has 16 heavy (non-hydrogen) atoms. The molecule has 0 aromatic heterocycles. The lowest BCUT2D eigenvalue weighted by Gasteiger charge is -2.12. The molecule has 0 saturated heterocycles. The Balaban J connectivity index is 2.81. The summed E-state index contributed by atoms with van der Waals surface area (Å²) in [6.07, 6.45) is 0. The highest BCUT2D eigenvalue weighted by atomic mass is 19.2. The van der Waals surface area contributed by atoms with Gasteiger partial charge in [0.15, 0.2) is 17.5 Å². The van der Waals surface area contributed by atoms with Crippen molar-refractivity contribution in [2.75, 3.05) is 0 Å². The minimum atomic E-state index is -2.15. The second kappa shape index (κ2) is 3.66. The number of halogens is 5. The van der Waals surface area contributed by atoms with Crippen LogP contribution in [0.4, 0.5) is 22.0 Å². The first-order chi connectivity index (χ1) is 7.54. The smallest absolute Gasteiger partial charge is 0.185 e. The number of hydrogen-bond donors (Lipinski definition) is 0. The van der Waals surface area contributed by atoms with Gasteiger partial charge in [-0.3, -0.25) is 0 Å². The molecule has 0 bridgehead atoms. The van der Waals surface area contributed by atoms with Crippen molar-refractivity contribution in [2.45, 2.75) is 0 Å². The minimum absolute atomic E-state index is 0.0483. The van der Waals surface area contributed by atoms with Crippen molar-refractivity contribution in [1.82, 2.24) is 0 Å². The SMILES string of the molecule is Fc1c(F)c(F)c(-[c-]2cccc2)c(F)c1F. The lowest BCUT2D eigenvalue weighted by Crippen LogP contribution is -2.03. The minimum Gasteiger partial charge on any atom is -0.250 e. The molecule has 0 saturated carbocycles. The van der Waals surface area contributed by atoms with Gasteiger partial charge >= 0.3 is 0 Å². The van der Waals surface area contributed by atoms with Gasteiger partial charge in [0.2, 0.25) is 0 Å². The summed E-state index contributed by atoms with van der Waals surface area (Å²) in [4.78, 5) is 0. The molecular formula is C11H4F5-. The van der Waals surface area contributed by atoms with Crippen LogP contribution in [0.1, 0.15) is 0 Å². The maximum absolute atomic E-state index is 13.2. The van der Waals surface area contributed by atoms with Gasteiger partial charge in [0.05, 0.1) is 0 Å². The van der Waals surface area contributed by atoms with Crippen molar-refractivity contribution in [3.63, 3.8) is 0 Å². The number of hydrogen-bond acceptors (Lipinski definition) is 0. The van der Waals surface area contributed by atoms with E-state index >= 15 is 0 Å². The van der Waals surface area contributed by atoms with Gasteiger partial charge in [-0.15, -0.1) is 12.1 Å². The van der Waals surface area contributed by atoms with E-state index in [1.807, 2.05) is 0 Å². The van der Waals surface area contributed by atoms with E-state index in [1.54, 1.807) is 0 Å². The molecule has 5 heteroatoms. The zero-order valence-corrected chi connectivity index (χ0v) is 7.70. The van der Waals surface area contributed by atoms with Gasteiger partial charge in [-0.2, -0.15) is 12.1 Å². The fraction of sp³-hybridized carbons (Fsp3) is 0.